The molecular formula is C17H23N3O4. The highest BCUT2D eigenvalue weighted by Gasteiger charge is 2.21. The molecule has 0 aromatic carbocycles. The predicted molar refractivity (Wildman–Crippen MR) is 91.5 cm³/mol. The second-order valence-corrected chi connectivity index (χ2v) is 6.43. The summed E-state index contributed by atoms with van der Waals surface area (Å²) in [4.78, 5) is 43.6. The molecule has 7 nitrogen and oxygen atoms in total. The van der Waals surface area contributed by atoms with Crippen LogP contribution in [0.1, 0.15) is 56.6 Å². The fraction of sp³-hybridized carbons (Fsp3) is 0.529. The van der Waals surface area contributed by atoms with Crippen molar-refractivity contribution in [2.75, 3.05) is 6.61 Å². The van der Waals surface area contributed by atoms with Crippen molar-refractivity contribution in [1.29, 1.82) is 0 Å². The van der Waals surface area contributed by atoms with Gasteiger partial charge in [-0.2, -0.15) is 0 Å². The molecule has 2 heterocycles. The summed E-state index contributed by atoms with van der Waals surface area (Å²) in [7, 11) is 0. The maximum atomic E-state index is 12.3. The number of fused-ring (bicyclic) bond motifs is 1. The molecule has 2 aromatic rings. The van der Waals surface area contributed by atoms with Crippen LogP contribution < -0.4 is 11.2 Å². The van der Waals surface area contributed by atoms with E-state index >= 15 is 0 Å². The van der Waals surface area contributed by atoms with Gasteiger partial charge < -0.3 is 4.74 Å². The van der Waals surface area contributed by atoms with Crippen molar-refractivity contribution in [3.63, 3.8) is 0 Å². The monoisotopic (exact) mass is 333 g/mol. The summed E-state index contributed by atoms with van der Waals surface area (Å²) in [6, 6.07) is 1.57. The molecule has 1 N–H and O–H groups in total. The molecule has 0 aliphatic rings. The van der Waals surface area contributed by atoms with Crippen molar-refractivity contribution in [2.24, 2.45) is 5.92 Å². The molecule has 0 spiro atoms. The van der Waals surface area contributed by atoms with E-state index in [1.807, 2.05) is 27.7 Å². The largest absolute Gasteiger partial charge is 0.462 e. The van der Waals surface area contributed by atoms with Gasteiger partial charge >= 0.3 is 11.7 Å². The third kappa shape index (κ3) is 3.39. The van der Waals surface area contributed by atoms with E-state index in [2.05, 4.69) is 9.97 Å². The van der Waals surface area contributed by atoms with Crippen LogP contribution in [0.2, 0.25) is 0 Å². The minimum Gasteiger partial charge on any atom is -0.462 e. The highest BCUT2D eigenvalue weighted by atomic mass is 16.5. The second-order valence-electron chi connectivity index (χ2n) is 6.43. The number of carbonyl (C=O) groups excluding carboxylic acids is 1. The van der Waals surface area contributed by atoms with Gasteiger partial charge in [-0.1, -0.05) is 27.7 Å². The van der Waals surface area contributed by atoms with Crippen LogP contribution in [0.25, 0.3) is 11.0 Å². The van der Waals surface area contributed by atoms with Crippen molar-refractivity contribution < 1.29 is 9.53 Å². The Hall–Kier alpha value is -2.44. The van der Waals surface area contributed by atoms with E-state index in [-0.39, 0.29) is 35.0 Å². The summed E-state index contributed by atoms with van der Waals surface area (Å²) in [5.74, 6) is -0.385. The molecule has 2 aromatic heterocycles. The number of rotatable bonds is 5. The number of hydrogen-bond donors (Lipinski definition) is 1. The minimum absolute atomic E-state index is 0.0319. The fourth-order valence-corrected chi connectivity index (χ4v) is 2.49. The number of pyridine rings is 1. The van der Waals surface area contributed by atoms with Crippen LogP contribution in [0.15, 0.2) is 15.7 Å². The van der Waals surface area contributed by atoms with Gasteiger partial charge in [-0.3, -0.25) is 14.3 Å². The number of nitrogens with one attached hydrogen (secondary N) is 1. The molecule has 0 saturated carbocycles. The Morgan fingerprint density at radius 1 is 1.29 bits per heavy atom. The SMILES string of the molecule is CCOC(=O)c1cc(C(C)C)nc2c1c(=O)[nH]c(=O)n2CC(C)C. The third-order valence-corrected chi connectivity index (χ3v) is 3.60. The molecule has 0 aliphatic carbocycles. The highest BCUT2D eigenvalue weighted by molar-refractivity contribution is 6.02. The summed E-state index contributed by atoms with van der Waals surface area (Å²) in [5.41, 5.74) is -0.144. The van der Waals surface area contributed by atoms with Gasteiger partial charge in [0.1, 0.15) is 0 Å². The van der Waals surface area contributed by atoms with Gasteiger partial charge in [0.15, 0.2) is 5.65 Å². The Labute approximate surface area is 139 Å². The summed E-state index contributed by atoms with van der Waals surface area (Å²) in [6.07, 6.45) is 0. The smallest absolute Gasteiger partial charge is 0.339 e. The van der Waals surface area contributed by atoms with E-state index < -0.39 is 17.2 Å². The lowest BCUT2D eigenvalue weighted by Gasteiger charge is -2.15. The first-order valence-electron chi connectivity index (χ1n) is 8.11. The number of nitrogens with zero attached hydrogens (tertiary/aromatic N) is 2. The van der Waals surface area contributed by atoms with E-state index in [0.29, 0.717) is 12.2 Å². The molecule has 2 rings (SSSR count). The molecule has 7 heteroatoms. The molecule has 0 bridgehead atoms. The van der Waals surface area contributed by atoms with Gasteiger partial charge in [0.25, 0.3) is 5.56 Å². The quantitative estimate of drug-likeness (QED) is 0.845. The van der Waals surface area contributed by atoms with Crippen LogP contribution in [0.5, 0.6) is 0 Å². The van der Waals surface area contributed by atoms with E-state index in [9.17, 15) is 14.4 Å². The van der Waals surface area contributed by atoms with E-state index in [0.717, 1.165) is 0 Å². The van der Waals surface area contributed by atoms with Gasteiger partial charge in [0, 0.05) is 12.2 Å². The molecule has 0 aliphatic heterocycles. The topological polar surface area (TPSA) is 94.1 Å². The molecule has 0 fully saturated rings. The summed E-state index contributed by atoms with van der Waals surface area (Å²) in [5, 5.41) is 0.0955. The number of hydrogen-bond acceptors (Lipinski definition) is 5. The van der Waals surface area contributed by atoms with Crippen molar-refractivity contribution in [3.8, 4) is 0 Å². The van der Waals surface area contributed by atoms with Gasteiger partial charge in [-0.15, -0.1) is 0 Å². The number of aromatic nitrogens is 3. The van der Waals surface area contributed by atoms with Gasteiger partial charge in [0.2, 0.25) is 0 Å². The third-order valence-electron chi connectivity index (χ3n) is 3.60. The Morgan fingerprint density at radius 3 is 2.50 bits per heavy atom. The Balaban J connectivity index is 2.93. The minimum atomic E-state index is -0.624. The normalized spacial score (nSPS) is 11.5. The van der Waals surface area contributed by atoms with Crippen molar-refractivity contribution in [2.45, 2.75) is 47.1 Å². The predicted octanol–water partition coefficient (Wildman–Crippen LogP) is 2.04. The Kier molecular flexibility index (Phi) is 5.21. The lowest BCUT2D eigenvalue weighted by molar-refractivity contribution is 0.0528. The molecule has 0 unspecified atom stereocenters. The zero-order chi connectivity index (χ0) is 18.0. The fourth-order valence-electron chi connectivity index (χ4n) is 2.49. The van der Waals surface area contributed by atoms with Crippen molar-refractivity contribution in [1.82, 2.24) is 14.5 Å². The van der Waals surface area contributed by atoms with Crippen LogP contribution in [0, 0.1) is 5.92 Å². The number of esters is 1. The first-order valence-corrected chi connectivity index (χ1v) is 8.11. The maximum absolute atomic E-state index is 12.3. The lowest BCUT2D eigenvalue weighted by atomic mass is 10.0. The molecule has 0 atom stereocenters. The van der Waals surface area contributed by atoms with Crippen molar-refractivity contribution >= 4 is 17.0 Å². The Morgan fingerprint density at radius 2 is 1.96 bits per heavy atom. The number of aromatic amines is 1. The van der Waals surface area contributed by atoms with Crippen LogP contribution in [-0.2, 0) is 11.3 Å². The second kappa shape index (κ2) is 6.98. The zero-order valence-electron chi connectivity index (χ0n) is 14.7. The molecule has 0 saturated heterocycles. The lowest BCUT2D eigenvalue weighted by Crippen LogP contribution is -2.33. The molecular weight excluding hydrogens is 310 g/mol. The molecule has 130 valence electrons. The summed E-state index contributed by atoms with van der Waals surface area (Å²) >= 11 is 0. The van der Waals surface area contributed by atoms with Crippen molar-refractivity contribution in [3.05, 3.63) is 38.2 Å². The van der Waals surface area contributed by atoms with Crippen LogP contribution in [0.3, 0.4) is 0 Å². The number of carbonyl (C=O) groups is 1. The number of H-pyrrole nitrogens is 1. The zero-order valence-corrected chi connectivity index (χ0v) is 14.7. The average Bonchev–Trinajstić information content (AvgIpc) is 2.50. The van der Waals surface area contributed by atoms with Crippen LogP contribution >= 0.6 is 0 Å². The van der Waals surface area contributed by atoms with Gasteiger partial charge in [-0.25, -0.2) is 14.6 Å². The van der Waals surface area contributed by atoms with Crippen LogP contribution in [-0.4, -0.2) is 27.1 Å². The van der Waals surface area contributed by atoms with Gasteiger partial charge in [-0.05, 0) is 24.8 Å². The first kappa shape index (κ1) is 17.9. The molecule has 0 amide bonds. The maximum Gasteiger partial charge on any atom is 0.339 e. The summed E-state index contributed by atoms with van der Waals surface area (Å²) < 4.78 is 6.48. The van der Waals surface area contributed by atoms with E-state index in [1.165, 1.54) is 4.57 Å². The van der Waals surface area contributed by atoms with Crippen LogP contribution in [0.4, 0.5) is 0 Å². The molecule has 0 radical (unpaired) electrons. The average molecular weight is 333 g/mol. The van der Waals surface area contributed by atoms with E-state index in [4.69, 9.17) is 4.74 Å². The molecule has 24 heavy (non-hydrogen) atoms. The first-order chi connectivity index (χ1) is 11.3. The highest BCUT2D eigenvalue weighted by Crippen LogP contribution is 2.20. The number of ether oxygens (including phenoxy) is 1. The van der Waals surface area contributed by atoms with Gasteiger partial charge in [0.05, 0.1) is 17.6 Å². The standard InChI is InChI=1S/C17H23N3O4/c1-6-24-16(22)11-7-12(10(4)5)18-14-13(11)15(21)19-17(23)20(14)8-9(2)3/h7,9-10H,6,8H2,1-5H3,(H,19,21,23). The van der Waals surface area contributed by atoms with E-state index in [1.54, 1.807) is 13.0 Å². The summed E-state index contributed by atoms with van der Waals surface area (Å²) in [6.45, 7) is 10.1. The Bertz CT molecular complexity index is 878.